The van der Waals surface area contributed by atoms with Gasteiger partial charge in [-0.1, -0.05) is 4.55 Å². The Labute approximate surface area is 57.6 Å². The average Bonchev–Trinajstić information content (AvgIpc) is 1.58. The predicted octanol–water partition coefficient (Wildman–Crippen LogP) is 0.902. The Hall–Kier alpha value is -0.440. The van der Waals surface area contributed by atoms with Crippen molar-refractivity contribution in [2.75, 3.05) is 0 Å². The lowest BCUT2D eigenvalue weighted by Gasteiger charge is -2.14. The highest BCUT2D eigenvalue weighted by Gasteiger charge is 2.68. The minimum Gasteiger partial charge on any atom is -0.190 e. The summed E-state index contributed by atoms with van der Waals surface area (Å²) in [6.45, 7) is 0. The van der Waals surface area contributed by atoms with Crippen LogP contribution in [0, 0.1) is 0 Å². The summed E-state index contributed by atoms with van der Waals surface area (Å²) in [6.07, 6.45) is -6.35. The number of halogens is 5. The molecule has 0 fully saturated rings. The summed E-state index contributed by atoms with van der Waals surface area (Å²) in [4.78, 5) is 0. The molecule has 0 rings (SSSR count). The van der Waals surface area contributed by atoms with Crippen LogP contribution in [0.1, 0.15) is 0 Å². The summed E-state index contributed by atoms with van der Waals surface area (Å²) >= 11 is 0. The molecule has 11 heavy (non-hydrogen) atoms. The van der Waals surface area contributed by atoms with E-state index in [-0.39, 0.29) is 0 Å². The van der Waals surface area contributed by atoms with E-state index in [4.69, 9.17) is 0 Å². The van der Waals surface area contributed by atoms with Gasteiger partial charge in [0.15, 0.2) is 0 Å². The van der Waals surface area contributed by atoms with Crippen LogP contribution in [0.4, 0.5) is 22.0 Å². The molecule has 0 aromatic heterocycles. The van der Waals surface area contributed by atoms with Gasteiger partial charge in [-0.3, -0.25) is 0 Å². The zero-order valence-corrected chi connectivity index (χ0v) is 5.34. The first kappa shape index (κ1) is 10.6. The molecule has 3 nitrogen and oxygen atoms in total. The van der Waals surface area contributed by atoms with Gasteiger partial charge >= 0.3 is 21.5 Å². The Morgan fingerprint density at radius 3 is 1.18 bits per heavy atom. The highest BCUT2D eigenvalue weighted by atomic mass is 32.2. The molecule has 0 aliphatic carbocycles. The highest BCUT2D eigenvalue weighted by molar-refractivity contribution is 7.86. The molecule has 0 amide bonds. The molecule has 0 aromatic rings. The first-order chi connectivity index (χ1) is 4.50. The fourth-order valence-corrected chi connectivity index (χ4v) is 0.425. The lowest BCUT2D eigenvalue weighted by molar-refractivity contribution is -0.244. The van der Waals surface area contributed by atoms with Crippen LogP contribution in [0.25, 0.3) is 0 Å². The Balaban J connectivity index is 5.08. The monoisotopic (exact) mass is 199 g/mol. The van der Waals surface area contributed by atoms with Crippen LogP contribution in [0.15, 0.2) is 0 Å². The van der Waals surface area contributed by atoms with Crippen LogP contribution in [-0.4, -0.2) is 19.8 Å². The van der Waals surface area contributed by atoms with E-state index >= 15 is 0 Å². The van der Waals surface area contributed by atoms with E-state index in [1.54, 1.807) is 0 Å². The zero-order valence-electron chi connectivity index (χ0n) is 4.52. The first-order valence-electron chi connectivity index (χ1n) is 1.90. The van der Waals surface area contributed by atoms with Gasteiger partial charge in [-0.25, -0.2) is 0 Å². The van der Waals surface area contributed by atoms with Gasteiger partial charge in [-0.05, 0) is 0 Å². The van der Waals surface area contributed by atoms with Gasteiger partial charge < -0.3 is 0 Å². The summed E-state index contributed by atoms with van der Waals surface area (Å²) in [5.74, 6) is 0. The molecule has 1 radical (unpaired) electrons. The maximum atomic E-state index is 11.4. The van der Waals surface area contributed by atoms with Gasteiger partial charge in [0.25, 0.3) is 0 Å². The Bertz CT molecular complexity index is 237. The molecule has 67 valence electrons. The van der Waals surface area contributed by atoms with Crippen molar-refractivity contribution in [2.24, 2.45) is 0 Å². The van der Waals surface area contributed by atoms with Crippen LogP contribution in [0.3, 0.4) is 0 Å². The normalized spacial score (nSPS) is 15.1. The molecule has 0 saturated heterocycles. The van der Waals surface area contributed by atoms with Crippen LogP contribution in [-0.2, 0) is 14.7 Å². The van der Waals surface area contributed by atoms with E-state index in [0.29, 0.717) is 0 Å². The van der Waals surface area contributed by atoms with Crippen molar-refractivity contribution in [3.8, 4) is 0 Å². The maximum absolute atomic E-state index is 11.4. The second-order valence-corrected chi connectivity index (χ2v) is 2.89. The van der Waals surface area contributed by atoms with Gasteiger partial charge in [-0.15, -0.1) is 0 Å². The average molecular weight is 199 g/mol. The van der Waals surface area contributed by atoms with Crippen LogP contribution >= 0.6 is 0 Å². The quantitative estimate of drug-likeness (QED) is 0.589. The van der Waals surface area contributed by atoms with E-state index in [0.717, 1.165) is 0 Å². The molecule has 0 N–H and O–H groups in total. The lowest BCUT2D eigenvalue weighted by Crippen LogP contribution is -2.42. The zero-order chi connectivity index (χ0) is 9.50. The van der Waals surface area contributed by atoms with Crippen molar-refractivity contribution in [3.05, 3.63) is 0 Å². The van der Waals surface area contributed by atoms with Gasteiger partial charge in [0.05, 0.1) is 0 Å². The Morgan fingerprint density at radius 2 is 1.18 bits per heavy atom. The second-order valence-electron chi connectivity index (χ2n) is 1.47. The molecule has 0 atom stereocenters. The minimum absolute atomic E-state index is 6.21. The molecule has 0 bridgehead atoms. The summed E-state index contributed by atoms with van der Waals surface area (Å²) in [5.41, 5.74) is 0. The van der Waals surface area contributed by atoms with E-state index in [1.165, 1.54) is 0 Å². The summed E-state index contributed by atoms with van der Waals surface area (Å²) in [5, 5.41) is -6.21. The van der Waals surface area contributed by atoms with Crippen molar-refractivity contribution in [1.29, 1.82) is 0 Å². The van der Waals surface area contributed by atoms with Crippen molar-refractivity contribution >= 4 is 10.1 Å². The topological polar surface area (TPSA) is 54.0 Å². The smallest absolute Gasteiger partial charge is 0.190 e. The number of hydrogen-bond donors (Lipinski definition) is 0. The molecule has 0 aliphatic rings. The Morgan fingerprint density at radius 1 is 0.909 bits per heavy atom. The third-order valence-electron chi connectivity index (χ3n) is 0.644. The molecule has 0 unspecified atom stereocenters. The number of hydrogen-bond acceptors (Lipinski definition) is 2. The second kappa shape index (κ2) is 2.27. The number of alkyl halides is 5. The van der Waals surface area contributed by atoms with Crippen LogP contribution in [0.5, 0.6) is 0 Å². The summed E-state index contributed by atoms with van der Waals surface area (Å²) < 4.78 is 83.6. The van der Waals surface area contributed by atoms with Gasteiger partial charge in [-0.2, -0.15) is 30.4 Å². The Kier molecular flexibility index (Phi) is 2.18. The third kappa shape index (κ3) is 1.77. The molecular formula is C2F5O3S. The maximum Gasteiger partial charge on any atom is 0.472 e. The van der Waals surface area contributed by atoms with Gasteiger partial charge in [0, 0.05) is 0 Å². The fraction of sp³-hybridized carbons (Fsp3) is 1.00. The first-order valence-corrected chi connectivity index (χ1v) is 3.31. The highest BCUT2D eigenvalue weighted by Crippen LogP contribution is 2.39. The van der Waals surface area contributed by atoms with Crippen LogP contribution < -0.4 is 0 Å². The van der Waals surface area contributed by atoms with E-state index in [2.05, 4.69) is 0 Å². The minimum atomic E-state index is -6.67. The molecule has 0 heterocycles. The SMILES string of the molecule is [O]S(=O)(=O)C(F)(F)C(F)(F)F. The molecular weight excluding hydrogens is 199 g/mol. The predicted molar refractivity (Wildman–Crippen MR) is 20.6 cm³/mol. The van der Waals surface area contributed by atoms with Gasteiger partial charge in [0.1, 0.15) is 0 Å². The van der Waals surface area contributed by atoms with E-state index in [9.17, 15) is 34.9 Å². The fourth-order valence-electron chi connectivity index (χ4n) is 0.142. The molecule has 9 heteroatoms. The molecule has 0 aromatic carbocycles. The van der Waals surface area contributed by atoms with Crippen molar-refractivity contribution in [2.45, 2.75) is 11.4 Å². The standard InChI is InChI=1S/C2F5O3S/c3-1(4,5)2(6,7)11(8,9)10. The van der Waals surface area contributed by atoms with Gasteiger partial charge in [0.2, 0.25) is 0 Å². The molecule has 0 spiro atoms. The molecule has 0 aliphatic heterocycles. The van der Waals surface area contributed by atoms with E-state index in [1.807, 2.05) is 0 Å². The lowest BCUT2D eigenvalue weighted by atomic mass is 10.7. The van der Waals surface area contributed by atoms with Crippen molar-refractivity contribution in [1.82, 2.24) is 0 Å². The van der Waals surface area contributed by atoms with Crippen LogP contribution in [0.2, 0.25) is 0 Å². The summed E-state index contributed by atoms with van der Waals surface area (Å²) in [7, 11) is -6.67. The number of rotatable bonds is 1. The van der Waals surface area contributed by atoms with Crippen molar-refractivity contribution < 1.29 is 34.9 Å². The summed E-state index contributed by atoms with van der Waals surface area (Å²) in [6, 6.07) is 0. The molecule has 0 saturated carbocycles. The third-order valence-corrected chi connectivity index (χ3v) is 1.50. The van der Waals surface area contributed by atoms with Crippen molar-refractivity contribution in [3.63, 3.8) is 0 Å². The largest absolute Gasteiger partial charge is 0.472 e. The van der Waals surface area contributed by atoms with E-state index < -0.39 is 21.5 Å².